The second-order valence-corrected chi connectivity index (χ2v) is 6.15. The summed E-state index contributed by atoms with van der Waals surface area (Å²) in [5, 5.41) is 3.50. The number of ether oxygens (including phenoxy) is 1. The summed E-state index contributed by atoms with van der Waals surface area (Å²) in [6.07, 6.45) is 2.07. The minimum atomic E-state index is 0.359. The normalized spacial score (nSPS) is 12.3. The van der Waals surface area contributed by atoms with Crippen LogP contribution in [-0.4, -0.2) is 18.1 Å². The molecule has 2 rings (SSSR count). The molecular formula is C17H24N2OS. The van der Waals surface area contributed by atoms with E-state index in [9.17, 15) is 0 Å². The molecule has 4 heteroatoms. The van der Waals surface area contributed by atoms with E-state index in [2.05, 4.69) is 42.3 Å². The molecule has 0 bridgehead atoms. The summed E-state index contributed by atoms with van der Waals surface area (Å²) in [7, 11) is 0. The van der Waals surface area contributed by atoms with E-state index in [1.807, 2.05) is 18.5 Å². The number of thiazole rings is 1. The summed E-state index contributed by atoms with van der Waals surface area (Å²) < 4.78 is 5.88. The third kappa shape index (κ3) is 4.83. The number of rotatable bonds is 8. The van der Waals surface area contributed by atoms with Gasteiger partial charge in [-0.15, -0.1) is 11.3 Å². The third-order valence-electron chi connectivity index (χ3n) is 3.50. The van der Waals surface area contributed by atoms with Gasteiger partial charge in [-0.1, -0.05) is 19.1 Å². The van der Waals surface area contributed by atoms with E-state index in [1.54, 1.807) is 11.3 Å². The Bertz CT molecular complexity index is 553. The van der Waals surface area contributed by atoms with Crippen molar-refractivity contribution in [1.29, 1.82) is 0 Å². The van der Waals surface area contributed by atoms with Crippen LogP contribution in [-0.2, 0) is 6.42 Å². The number of nitrogens with one attached hydrogen (secondary N) is 1. The van der Waals surface area contributed by atoms with E-state index in [4.69, 9.17) is 4.74 Å². The number of hydrogen-bond acceptors (Lipinski definition) is 4. The fourth-order valence-corrected chi connectivity index (χ4v) is 2.94. The third-order valence-corrected chi connectivity index (χ3v) is 4.50. The molecule has 0 radical (unpaired) electrons. The topological polar surface area (TPSA) is 34.1 Å². The van der Waals surface area contributed by atoms with Crippen LogP contribution in [0, 0.1) is 6.92 Å². The van der Waals surface area contributed by atoms with Gasteiger partial charge in [0.05, 0.1) is 17.8 Å². The van der Waals surface area contributed by atoms with E-state index in [-0.39, 0.29) is 0 Å². The predicted octanol–water partition coefficient (Wildman–Crippen LogP) is 4.13. The molecule has 0 saturated heterocycles. The average molecular weight is 304 g/mol. The zero-order valence-corrected chi connectivity index (χ0v) is 13.9. The van der Waals surface area contributed by atoms with Gasteiger partial charge in [-0.2, -0.15) is 0 Å². The fraction of sp³-hybridized carbons (Fsp3) is 0.471. The molecule has 0 aliphatic carbocycles. The van der Waals surface area contributed by atoms with E-state index in [1.165, 1.54) is 10.4 Å². The van der Waals surface area contributed by atoms with Crippen LogP contribution in [0.3, 0.4) is 0 Å². The Labute approximate surface area is 131 Å². The van der Waals surface area contributed by atoms with E-state index in [0.29, 0.717) is 12.6 Å². The first-order valence-corrected chi connectivity index (χ1v) is 8.43. The molecule has 0 aliphatic rings. The lowest BCUT2D eigenvalue weighted by molar-refractivity contribution is 0.322. The molecule has 114 valence electrons. The molecule has 0 fully saturated rings. The van der Waals surface area contributed by atoms with Crippen molar-refractivity contribution in [3.8, 4) is 5.75 Å². The van der Waals surface area contributed by atoms with Crippen molar-refractivity contribution >= 4 is 11.3 Å². The molecule has 1 heterocycles. The largest absolute Gasteiger partial charge is 0.493 e. The number of nitrogens with zero attached hydrogens (tertiary/aromatic N) is 1. The highest BCUT2D eigenvalue weighted by atomic mass is 32.1. The number of benzene rings is 1. The summed E-state index contributed by atoms with van der Waals surface area (Å²) in [6, 6.07) is 8.72. The minimum absolute atomic E-state index is 0.359. The highest BCUT2D eigenvalue weighted by Gasteiger charge is 2.06. The SMILES string of the molecule is CCCNC(C)c1cccc(OCCc2scnc2C)c1. The van der Waals surface area contributed by atoms with E-state index < -0.39 is 0 Å². The van der Waals surface area contributed by atoms with Gasteiger partial charge in [0.2, 0.25) is 0 Å². The molecule has 3 nitrogen and oxygen atoms in total. The van der Waals surface area contributed by atoms with Gasteiger partial charge >= 0.3 is 0 Å². The Hall–Kier alpha value is -1.39. The van der Waals surface area contributed by atoms with Crippen molar-refractivity contribution in [3.63, 3.8) is 0 Å². The summed E-state index contributed by atoms with van der Waals surface area (Å²) in [6.45, 7) is 8.16. The quantitative estimate of drug-likeness (QED) is 0.796. The van der Waals surface area contributed by atoms with Gasteiger partial charge < -0.3 is 10.1 Å². The van der Waals surface area contributed by atoms with Crippen LogP contribution in [0.4, 0.5) is 0 Å². The first kappa shape index (κ1) is 16.0. The van der Waals surface area contributed by atoms with Crippen molar-refractivity contribution in [2.24, 2.45) is 0 Å². The Balaban J connectivity index is 1.87. The first-order chi connectivity index (χ1) is 10.2. The Morgan fingerprint density at radius 3 is 2.95 bits per heavy atom. The lowest BCUT2D eigenvalue weighted by Crippen LogP contribution is -2.19. The Kier molecular flexibility index (Phi) is 6.21. The molecule has 0 aliphatic heterocycles. The molecular weight excluding hydrogens is 280 g/mol. The maximum absolute atomic E-state index is 5.88. The van der Waals surface area contributed by atoms with Crippen LogP contribution >= 0.6 is 11.3 Å². The molecule has 0 saturated carbocycles. The smallest absolute Gasteiger partial charge is 0.119 e. The van der Waals surface area contributed by atoms with Crippen LogP contribution in [0.1, 0.15) is 42.4 Å². The lowest BCUT2D eigenvalue weighted by atomic mass is 10.1. The van der Waals surface area contributed by atoms with Gasteiger partial charge in [-0.05, 0) is 44.5 Å². The van der Waals surface area contributed by atoms with Crippen molar-refractivity contribution in [2.45, 2.75) is 39.7 Å². The second-order valence-electron chi connectivity index (χ2n) is 5.21. The summed E-state index contributed by atoms with van der Waals surface area (Å²) in [5.74, 6) is 0.944. The van der Waals surface area contributed by atoms with Crippen molar-refractivity contribution < 1.29 is 4.74 Å². The average Bonchev–Trinajstić information content (AvgIpc) is 2.90. The van der Waals surface area contributed by atoms with Gasteiger partial charge in [0.15, 0.2) is 0 Å². The molecule has 1 atom stereocenters. The lowest BCUT2D eigenvalue weighted by Gasteiger charge is -2.15. The summed E-state index contributed by atoms with van der Waals surface area (Å²) in [5.41, 5.74) is 4.29. The molecule has 1 aromatic heterocycles. The monoisotopic (exact) mass is 304 g/mol. The Morgan fingerprint density at radius 2 is 2.24 bits per heavy atom. The molecule has 1 aromatic carbocycles. The standard InChI is InChI=1S/C17H24N2OS/c1-4-9-18-13(2)15-6-5-7-16(11-15)20-10-8-17-14(3)19-12-21-17/h5-7,11-13,18H,4,8-10H2,1-3H3. The summed E-state index contributed by atoms with van der Waals surface area (Å²) >= 11 is 1.70. The van der Waals surface area contributed by atoms with Crippen LogP contribution in [0.5, 0.6) is 5.75 Å². The van der Waals surface area contributed by atoms with Crippen LogP contribution < -0.4 is 10.1 Å². The number of aromatic nitrogens is 1. The maximum atomic E-state index is 5.88. The highest BCUT2D eigenvalue weighted by Crippen LogP contribution is 2.20. The molecule has 0 spiro atoms. The molecule has 0 amide bonds. The van der Waals surface area contributed by atoms with Crippen LogP contribution in [0.25, 0.3) is 0 Å². The van der Waals surface area contributed by atoms with Gasteiger partial charge in [0.1, 0.15) is 5.75 Å². The highest BCUT2D eigenvalue weighted by molar-refractivity contribution is 7.09. The number of aryl methyl sites for hydroxylation is 1. The van der Waals surface area contributed by atoms with Gasteiger partial charge in [-0.3, -0.25) is 0 Å². The zero-order chi connectivity index (χ0) is 15.1. The maximum Gasteiger partial charge on any atom is 0.119 e. The molecule has 1 unspecified atom stereocenters. The first-order valence-electron chi connectivity index (χ1n) is 7.55. The van der Waals surface area contributed by atoms with Crippen molar-refractivity contribution in [1.82, 2.24) is 10.3 Å². The molecule has 21 heavy (non-hydrogen) atoms. The van der Waals surface area contributed by atoms with Crippen molar-refractivity contribution in [3.05, 3.63) is 45.9 Å². The number of hydrogen-bond donors (Lipinski definition) is 1. The fourth-order valence-electron chi connectivity index (χ4n) is 2.18. The van der Waals surface area contributed by atoms with Crippen molar-refractivity contribution in [2.75, 3.05) is 13.2 Å². The summed E-state index contributed by atoms with van der Waals surface area (Å²) in [4.78, 5) is 5.57. The van der Waals surface area contributed by atoms with Gasteiger partial charge in [0.25, 0.3) is 0 Å². The van der Waals surface area contributed by atoms with Gasteiger partial charge in [0, 0.05) is 17.3 Å². The zero-order valence-electron chi connectivity index (χ0n) is 13.1. The minimum Gasteiger partial charge on any atom is -0.493 e. The van der Waals surface area contributed by atoms with Crippen LogP contribution in [0.15, 0.2) is 29.8 Å². The Morgan fingerprint density at radius 1 is 1.38 bits per heavy atom. The van der Waals surface area contributed by atoms with E-state index >= 15 is 0 Å². The van der Waals surface area contributed by atoms with Gasteiger partial charge in [-0.25, -0.2) is 4.98 Å². The predicted molar refractivity (Wildman–Crippen MR) is 89.2 cm³/mol. The van der Waals surface area contributed by atoms with Crippen LogP contribution in [0.2, 0.25) is 0 Å². The molecule has 2 aromatic rings. The molecule has 1 N–H and O–H groups in total. The van der Waals surface area contributed by atoms with E-state index in [0.717, 1.165) is 30.8 Å². The second kappa shape index (κ2) is 8.15.